The molecule has 0 bridgehead atoms. The van der Waals surface area contributed by atoms with E-state index in [1.807, 2.05) is 32.9 Å². The zero-order valence-electron chi connectivity index (χ0n) is 21.0. The number of hydrogen-bond acceptors (Lipinski definition) is 5. The number of carbonyl (C=O) groups excluding carboxylic acids is 1. The number of hydrogen-bond donors (Lipinski definition) is 2. The third-order valence-corrected chi connectivity index (χ3v) is 6.14. The summed E-state index contributed by atoms with van der Waals surface area (Å²) in [4.78, 5) is 16.2. The second-order valence-electron chi connectivity index (χ2n) is 10.2. The van der Waals surface area contributed by atoms with Gasteiger partial charge in [0.15, 0.2) is 0 Å². The van der Waals surface area contributed by atoms with Crippen molar-refractivity contribution in [1.82, 2.24) is 5.32 Å². The van der Waals surface area contributed by atoms with Gasteiger partial charge in [0.25, 0.3) is 0 Å². The number of ether oxygens (including phenoxy) is 1. The van der Waals surface area contributed by atoms with Crippen LogP contribution in [0.2, 0.25) is 0 Å². The van der Waals surface area contributed by atoms with Crippen molar-refractivity contribution in [2.24, 2.45) is 5.73 Å². The van der Waals surface area contributed by atoms with Gasteiger partial charge in [-0.25, -0.2) is 13.6 Å². The molecule has 0 aromatic heterocycles. The first-order valence-corrected chi connectivity index (χ1v) is 12.4. The summed E-state index contributed by atoms with van der Waals surface area (Å²) in [6.07, 6.45) is 3.41. The monoisotopic (exact) mass is 488 g/mol. The number of benzene rings is 2. The Morgan fingerprint density at radius 2 is 1.23 bits per heavy atom. The third kappa shape index (κ3) is 9.02. The van der Waals surface area contributed by atoms with E-state index in [0.717, 1.165) is 63.2 Å². The van der Waals surface area contributed by atoms with Gasteiger partial charge in [0.05, 0.1) is 0 Å². The largest absolute Gasteiger partial charge is 0.444 e. The molecule has 2 fully saturated rings. The van der Waals surface area contributed by atoms with E-state index in [1.165, 1.54) is 24.3 Å². The number of nitrogens with zero attached hydrogens (tertiary/aromatic N) is 2. The summed E-state index contributed by atoms with van der Waals surface area (Å²) in [6, 6.07) is 13.7. The fraction of sp³-hybridized carbons (Fsp3) is 0.519. The number of nitrogens with two attached hydrogens (primary N) is 1. The number of nitrogens with one attached hydrogen (secondary N) is 1. The van der Waals surface area contributed by atoms with Crippen LogP contribution in [0, 0.1) is 11.6 Å². The fourth-order valence-corrected chi connectivity index (χ4v) is 4.22. The lowest BCUT2D eigenvalue weighted by molar-refractivity contribution is 0.0497. The molecule has 6 nitrogen and oxygen atoms in total. The minimum Gasteiger partial charge on any atom is -0.444 e. The van der Waals surface area contributed by atoms with Gasteiger partial charge < -0.3 is 25.6 Å². The van der Waals surface area contributed by atoms with E-state index >= 15 is 0 Å². The third-order valence-electron chi connectivity index (χ3n) is 6.14. The van der Waals surface area contributed by atoms with E-state index in [4.69, 9.17) is 10.5 Å². The Balaban J connectivity index is 0.000000211. The summed E-state index contributed by atoms with van der Waals surface area (Å²) in [5, 5.41) is 2.91. The zero-order valence-corrected chi connectivity index (χ0v) is 21.0. The van der Waals surface area contributed by atoms with Crippen LogP contribution >= 0.6 is 0 Å². The molecule has 2 aromatic carbocycles. The van der Waals surface area contributed by atoms with Crippen molar-refractivity contribution in [2.45, 2.75) is 64.1 Å². The van der Waals surface area contributed by atoms with Crippen molar-refractivity contribution in [3.8, 4) is 0 Å². The molecule has 2 aromatic rings. The fourth-order valence-electron chi connectivity index (χ4n) is 4.22. The number of amides is 1. The highest BCUT2D eigenvalue weighted by molar-refractivity contribution is 5.68. The highest BCUT2D eigenvalue weighted by Gasteiger charge is 2.23. The maximum absolute atomic E-state index is 12.9. The molecule has 0 unspecified atom stereocenters. The van der Waals surface area contributed by atoms with Gasteiger partial charge in [-0.1, -0.05) is 0 Å². The Bertz CT molecular complexity index is 916. The number of anilines is 2. The Hall–Kier alpha value is -2.87. The normalized spacial score (nSPS) is 17.4. The molecule has 35 heavy (non-hydrogen) atoms. The van der Waals surface area contributed by atoms with E-state index in [1.54, 1.807) is 12.1 Å². The summed E-state index contributed by atoms with van der Waals surface area (Å²) >= 11 is 0. The Morgan fingerprint density at radius 3 is 1.63 bits per heavy atom. The van der Waals surface area contributed by atoms with Gasteiger partial charge in [0.1, 0.15) is 17.2 Å². The minimum absolute atomic E-state index is 0.136. The molecule has 1 amide bonds. The molecule has 2 aliphatic heterocycles. The number of alkyl carbamates (subject to hydrolysis) is 1. The predicted octanol–water partition coefficient (Wildman–Crippen LogP) is 5.07. The second-order valence-corrected chi connectivity index (χ2v) is 10.2. The topological polar surface area (TPSA) is 70.8 Å². The summed E-state index contributed by atoms with van der Waals surface area (Å²) in [6.45, 7) is 9.19. The van der Waals surface area contributed by atoms with Gasteiger partial charge in [0, 0.05) is 49.6 Å². The predicted molar refractivity (Wildman–Crippen MR) is 137 cm³/mol. The quantitative estimate of drug-likeness (QED) is 0.631. The summed E-state index contributed by atoms with van der Waals surface area (Å²) in [5.41, 5.74) is 7.46. The van der Waals surface area contributed by atoms with Crippen molar-refractivity contribution >= 4 is 17.5 Å². The SMILES string of the molecule is CC(C)(C)OC(=O)NC1CCN(c2ccc(F)cc2)CC1.NC1CCN(c2ccc(F)cc2)CC1. The number of halogens is 2. The van der Waals surface area contributed by atoms with E-state index in [-0.39, 0.29) is 23.8 Å². The zero-order chi connectivity index (χ0) is 25.4. The van der Waals surface area contributed by atoms with Gasteiger partial charge in [-0.05, 0) is 95.0 Å². The smallest absolute Gasteiger partial charge is 0.407 e. The molecular weight excluding hydrogens is 450 g/mol. The molecule has 0 spiro atoms. The molecule has 4 rings (SSSR count). The Kier molecular flexibility index (Phi) is 9.32. The second kappa shape index (κ2) is 12.2. The molecule has 0 aliphatic carbocycles. The molecule has 8 heteroatoms. The lowest BCUT2D eigenvalue weighted by atomic mass is 10.0. The first-order chi connectivity index (χ1) is 16.6. The molecule has 0 saturated carbocycles. The first-order valence-electron chi connectivity index (χ1n) is 12.4. The first kappa shape index (κ1) is 26.7. The van der Waals surface area contributed by atoms with Crippen LogP contribution in [-0.2, 0) is 4.74 Å². The molecule has 0 radical (unpaired) electrons. The average Bonchev–Trinajstić information content (AvgIpc) is 2.80. The summed E-state index contributed by atoms with van der Waals surface area (Å²) in [5.74, 6) is -0.400. The van der Waals surface area contributed by atoms with Crippen LogP contribution < -0.4 is 20.9 Å². The highest BCUT2D eigenvalue weighted by Crippen LogP contribution is 2.21. The van der Waals surface area contributed by atoms with Crippen LogP contribution in [-0.4, -0.2) is 50.0 Å². The van der Waals surface area contributed by atoms with E-state index in [2.05, 4.69) is 15.1 Å². The molecule has 2 saturated heterocycles. The van der Waals surface area contributed by atoms with E-state index < -0.39 is 5.60 Å². The lowest BCUT2D eigenvalue weighted by Gasteiger charge is -2.34. The van der Waals surface area contributed by atoms with E-state index in [9.17, 15) is 13.6 Å². The van der Waals surface area contributed by atoms with Crippen LogP contribution in [0.3, 0.4) is 0 Å². The van der Waals surface area contributed by atoms with Crippen molar-refractivity contribution in [3.63, 3.8) is 0 Å². The van der Waals surface area contributed by atoms with Crippen LogP contribution in [0.1, 0.15) is 46.5 Å². The van der Waals surface area contributed by atoms with Crippen molar-refractivity contribution < 1.29 is 18.3 Å². The van der Waals surface area contributed by atoms with Gasteiger partial charge in [-0.2, -0.15) is 0 Å². The van der Waals surface area contributed by atoms with Crippen LogP contribution in [0.15, 0.2) is 48.5 Å². The minimum atomic E-state index is -0.473. The van der Waals surface area contributed by atoms with Crippen molar-refractivity contribution in [3.05, 3.63) is 60.2 Å². The maximum Gasteiger partial charge on any atom is 0.407 e. The standard InChI is InChI=1S/C16H23FN2O2.C11H15FN2/c1-16(2,3)21-15(20)18-13-8-10-19(11-9-13)14-6-4-12(17)5-7-14;12-9-1-3-11(4-2-9)14-7-5-10(13)6-8-14/h4-7,13H,8-11H2,1-3H3,(H,18,20);1-4,10H,5-8,13H2. The number of carbonyl (C=O) groups is 1. The summed E-state index contributed by atoms with van der Waals surface area (Å²) < 4.78 is 30.9. The maximum atomic E-state index is 12.9. The average molecular weight is 489 g/mol. The number of piperidine rings is 2. The van der Waals surface area contributed by atoms with Crippen LogP contribution in [0.5, 0.6) is 0 Å². The van der Waals surface area contributed by atoms with Gasteiger partial charge >= 0.3 is 6.09 Å². The molecule has 192 valence electrons. The Labute approximate surface area is 207 Å². The van der Waals surface area contributed by atoms with Crippen molar-refractivity contribution in [1.29, 1.82) is 0 Å². The van der Waals surface area contributed by atoms with Crippen LogP contribution in [0.25, 0.3) is 0 Å². The van der Waals surface area contributed by atoms with Crippen molar-refractivity contribution in [2.75, 3.05) is 36.0 Å². The Morgan fingerprint density at radius 1 is 0.829 bits per heavy atom. The summed E-state index contributed by atoms with van der Waals surface area (Å²) in [7, 11) is 0. The van der Waals surface area contributed by atoms with E-state index in [0.29, 0.717) is 6.04 Å². The van der Waals surface area contributed by atoms with Gasteiger partial charge in [-0.3, -0.25) is 0 Å². The molecular formula is C27H38F2N4O2. The highest BCUT2D eigenvalue weighted by atomic mass is 19.1. The van der Waals surface area contributed by atoms with Gasteiger partial charge in [0.2, 0.25) is 0 Å². The van der Waals surface area contributed by atoms with Crippen LogP contribution in [0.4, 0.5) is 25.0 Å². The van der Waals surface area contributed by atoms with Gasteiger partial charge in [-0.15, -0.1) is 0 Å². The number of rotatable bonds is 3. The lowest BCUT2D eigenvalue weighted by Crippen LogP contribution is -2.46. The molecule has 2 aliphatic rings. The molecule has 2 heterocycles. The molecule has 0 atom stereocenters. The molecule has 3 N–H and O–H groups in total.